The lowest BCUT2D eigenvalue weighted by atomic mass is 10.0. The molecule has 2 saturated heterocycles. The molecule has 2 aliphatic heterocycles. The highest BCUT2D eigenvalue weighted by atomic mass is 32.2. The second kappa shape index (κ2) is 15.4. The van der Waals surface area contributed by atoms with Crippen LogP contribution < -0.4 is 21.3 Å². The first kappa shape index (κ1) is 25.6. The van der Waals surface area contributed by atoms with E-state index < -0.39 is 0 Å². The van der Waals surface area contributed by atoms with Crippen LogP contribution >= 0.6 is 11.8 Å². The molecule has 7 nitrogen and oxygen atoms in total. The highest BCUT2D eigenvalue weighted by molar-refractivity contribution is 8.00. The first-order valence-corrected chi connectivity index (χ1v) is 12.4. The Bertz CT molecular complexity index is 504. The van der Waals surface area contributed by atoms with Gasteiger partial charge in [0.05, 0.1) is 12.1 Å². The monoisotopic (exact) mass is 428 g/mol. The van der Waals surface area contributed by atoms with Crippen LogP contribution in [-0.2, 0) is 9.59 Å². The van der Waals surface area contributed by atoms with Crippen molar-refractivity contribution in [2.75, 3.05) is 18.8 Å². The van der Waals surface area contributed by atoms with Crippen LogP contribution in [-0.4, -0.2) is 54.0 Å². The highest BCUT2D eigenvalue weighted by Crippen LogP contribution is 2.33. The summed E-state index contributed by atoms with van der Waals surface area (Å²) in [6.07, 6.45) is 8.23. The molecule has 0 saturated carbocycles. The van der Waals surface area contributed by atoms with Crippen molar-refractivity contribution in [1.29, 1.82) is 0 Å². The Morgan fingerprint density at radius 2 is 1.62 bits per heavy atom. The lowest BCUT2D eigenvalue weighted by Crippen LogP contribution is -2.36. The lowest BCUT2D eigenvalue weighted by molar-refractivity contribution is -0.121. The number of hydrogen-bond donors (Lipinski definition) is 4. The number of unbranched alkanes of at least 4 members (excludes halogenated alkanes) is 4. The topological polar surface area (TPSA) is 99.3 Å². The Balaban J connectivity index is 0.00000204. The van der Waals surface area contributed by atoms with Crippen LogP contribution in [0.5, 0.6) is 0 Å². The normalized spacial score (nSPS) is 22.0. The van der Waals surface area contributed by atoms with E-state index in [1.54, 1.807) is 0 Å². The molecule has 4 amide bonds. The summed E-state index contributed by atoms with van der Waals surface area (Å²) in [6, 6.07) is 0.491. The number of thioether (sulfide) groups is 1. The molecular formula is C21H40N4O3S. The number of nitrogens with one attached hydrogen (secondary N) is 4. The predicted octanol–water partition coefficient (Wildman–Crippen LogP) is 2.94. The standard InChI is InChI=1S/C19H34N4O3S.C2H6/c1-2-16(24)20-11-7-3-4-8-12-21-17(25)10-6-5-9-15-18-14(13-27-15)22-19(26)23-18;1-2/h14-15,18H,2-13H2,1H3,(H,20,24)(H,21,25)(H2,22,23,26);1-2H3/t14-,15?,18-;/m0./s1. The van der Waals surface area contributed by atoms with Gasteiger partial charge in [-0.3, -0.25) is 9.59 Å². The minimum Gasteiger partial charge on any atom is -0.356 e. The molecule has 29 heavy (non-hydrogen) atoms. The third-order valence-electron chi connectivity index (χ3n) is 5.15. The van der Waals surface area contributed by atoms with Gasteiger partial charge < -0.3 is 21.3 Å². The van der Waals surface area contributed by atoms with Gasteiger partial charge in [-0.05, 0) is 25.7 Å². The van der Waals surface area contributed by atoms with E-state index in [0.29, 0.717) is 18.1 Å². The van der Waals surface area contributed by atoms with Crippen molar-refractivity contribution in [3.8, 4) is 0 Å². The van der Waals surface area contributed by atoms with E-state index in [-0.39, 0.29) is 29.9 Å². The number of rotatable bonds is 13. The molecule has 0 radical (unpaired) electrons. The summed E-state index contributed by atoms with van der Waals surface area (Å²) in [4.78, 5) is 34.3. The number of carbonyl (C=O) groups is 3. The Labute approximate surface area is 180 Å². The van der Waals surface area contributed by atoms with E-state index in [4.69, 9.17) is 0 Å². The Hall–Kier alpha value is -1.44. The predicted molar refractivity (Wildman–Crippen MR) is 120 cm³/mol. The molecule has 2 aliphatic rings. The molecule has 0 bridgehead atoms. The van der Waals surface area contributed by atoms with Gasteiger partial charge in [-0.1, -0.05) is 40.0 Å². The number of amides is 4. The number of urea groups is 1. The summed E-state index contributed by atoms with van der Waals surface area (Å²) < 4.78 is 0. The molecule has 1 unspecified atom stereocenters. The van der Waals surface area contributed by atoms with Gasteiger partial charge in [-0.2, -0.15) is 11.8 Å². The van der Waals surface area contributed by atoms with Gasteiger partial charge >= 0.3 is 6.03 Å². The third kappa shape index (κ3) is 10.2. The van der Waals surface area contributed by atoms with Gasteiger partial charge in [0.15, 0.2) is 0 Å². The molecule has 0 aromatic heterocycles. The summed E-state index contributed by atoms with van der Waals surface area (Å²) in [5, 5.41) is 12.3. The number of carbonyl (C=O) groups excluding carboxylic acids is 3. The summed E-state index contributed by atoms with van der Waals surface area (Å²) in [5.74, 6) is 1.23. The fourth-order valence-electron chi connectivity index (χ4n) is 3.55. The maximum Gasteiger partial charge on any atom is 0.315 e. The summed E-state index contributed by atoms with van der Waals surface area (Å²) in [6.45, 7) is 7.34. The third-order valence-corrected chi connectivity index (χ3v) is 6.66. The van der Waals surface area contributed by atoms with Crippen LogP contribution in [0.1, 0.15) is 78.6 Å². The Kier molecular flexibility index (Phi) is 13.6. The molecule has 8 heteroatoms. The molecule has 2 heterocycles. The van der Waals surface area contributed by atoms with Crippen LogP contribution in [0.15, 0.2) is 0 Å². The maximum absolute atomic E-state index is 11.9. The largest absolute Gasteiger partial charge is 0.356 e. The lowest BCUT2D eigenvalue weighted by Gasteiger charge is -2.16. The molecule has 0 aliphatic carbocycles. The van der Waals surface area contributed by atoms with Gasteiger partial charge in [-0.25, -0.2) is 4.79 Å². The van der Waals surface area contributed by atoms with Gasteiger partial charge in [0.25, 0.3) is 0 Å². The van der Waals surface area contributed by atoms with Crippen LogP contribution in [0.3, 0.4) is 0 Å². The van der Waals surface area contributed by atoms with E-state index in [0.717, 1.165) is 63.8 Å². The van der Waals surface area contributed by atoms with E-state index in [1.165, 1.54) is 0 Å². The Morgan fingerprint density at radius 1 is 0.966 bits per heavy atom. The zero-order valence-electron chi connectivity index (χ0n) is 18.4. The average Bonchev–Trinajstić information content (AvgIpc) is 3.27. The van der Waals surface area contributed by atoms with Gasteiger partial charge in [0.1, 0.15) is 0 Å². The molecule has 0 aromatic rings. The van der Waals surface area contributed by atoms with Crippen LogP contribution in [0.25, 0.3) is 0 Å². The minimum atomic E-state index is -0.0413. The zero-order valence-corrected chi connectivity index (χ0v) is 19.2. The smallest absolute Gasteiger partial charge is 0.315 e. The van der Waals surface area contributed by atoms with E-state index >= 15 is 0 Å². The fraction of sp³-hybridized carbons (Fsp3) is 0.857. The van der Waals surface area contributed by atoms with Crippen molar-refractivity contribution in [2.24, 2.45) is 0 Å². The van der Waals surface area contributed by atoms with Gasteiger partial charge in [-0.15, -0.1) is 0 Å². The molecule has 2 rings (SSSR count). The number of fused-ring (bicyclic) bond motifs is 1. The zero-order chi connectivity index (χ0) is 21.5. The van der Waals surface area contributed by atoms with Crippen molar-refractivity contribution < 1.29 is 14.4 Å². The van der Waals surface area contributed by atoms with Crippen LogP contribution in [0, 0.1) is 0 Å². The van der Waals surface area contributed by atoms with E-state index in [1.807, 2.05) is 32.5 Å². The fourth-order valence-corrected chi connectivity index (χ4v) is 5.09. The van der Waals surface area contributed by atoms with Crippen molar-refractivity contribution >= 4 is 29.6 Å². The SMILES string of the molecule is CC.CCC(=O)NCCCCCCNC(=O)CCCCC1SC[C@@H]2NC(=O)N[C@H]12. The highest BCUT2D eigenvalue weighted by Gasteiger charge is 2.42. The van der Waals surface area contributed by atoms with Gasteiger partial charge in [0.2, 0.25) is 11.8 Å². The molecule has 168 valence electrons. The quantitative estimate of drug-likeness (QED) is 0.268. The summed E-state index contributed by atoms with van der Waals surface area (Å²) >= 11 is 1.92. The van der Waals surface area contributed by atoms with Crippen LogP contribution in [0.2, 0.25) is 0 Å². The van der Waals surface area contributed by atoms with Crippen molar-refractivity contribution in [3.05, 3.63) is 0 Å². The molecule has 0 aromatic carbocycles. The molecule has 3 atom stereocenters. The summed E-state index contributed by atoms with van der Waals surface area (Å²) in [5.41, 5.74) is 0. The first-order valence-electron chi connectivity index (χ1n) is 11.3. The summed E-state index contributed by atoms with van der Waals surface area (Å²) in [7, 11) is 0. The molecule has 2 fully saturated rings. The average molecular weight is 429 g/mol. The number of hydrogen-bond acceptors (Lipinski definition) is 4. The second-order valence-corrected chi connectivity index (χ2v) is 8.61. The van der Waals surface area contributed by atoms with Crippen molar-refractivity contribution in [1.82, 2.24) is 21.3 Å². The van der Waals surface area contributed by atoms with Crippen molar-refractivity contribution in [3.63, 3.8) is 0 Å². The molecular weight excluding hydrogens is 388 g/mol. The van der Waals surface area contributed by atoms with E-state index in [9.17, 15) is 14.4 Å². The first-order chi connectivity index (χ1) is 14.1. The molecule has 0 spiro atoms. The second-order valence-electron chi connectivity index (χ2n) is 7.34. The molecule has 4 N–H and O–H groups in total. The van der Waals surface area contributed by atoms with E-state index in [2.05, 4.69) is 21.3 Å². The maximum atomic E-state index is 11.9. The van der Waals surface area contributed by atoms with Crippen LogP contribution in [0.4, 0.5) is 4.79 Å². The Morgan fingerprint density at radius 3 is 2.28 bits per heavy atom. The minimum absolute atomic E-state index is 0.0413. The van der Waals surface area contributed by atoms with Crippen molar-refractivity contribution in [2.45, 2.75) is 95.9 Å². The van der Waals surface area contributed by atoms with Gasteiger partial charge in [0, 0.05) is 36.9 Å².